The monoisotopic (exact) mass is 780 g/mol. The highest BCUT2D eigenvalue weighted by molar-refractivity contribution is 5.76. The van der Waals surface area contributed by atoms with E-state index < -0.39 is 12.1 Å². The van der Waals surface area contributed by atoms with Crippen LogP contribution in [0.3, 0.4) is 0 Å². The largest absolute Gasteiger partial charge is 0.394 e. The lowest BCUT2D eigenvalue weighted by atomic mass is 10.0. The Morgan fingerprint density at radius 2 is 0.750 bits per heavy atom. The number of aliphatic hydroxyl groups is 2. The molecule has 2 unspecified atom stereocenters. The Morgan fingerprint density at radius 1 is 0.429 bits per heavy atom. The molecular weight excluding hydrogens is 687 g/mol. The number of carbonyl (C=O) groups is 1. The summed E-state index contributed by atoms with van der Waals surface area (Å²) in [6.07, 6.45) is 67.3. The minimum atomic E-state index is -0.875. The first kappa shape index (κ1) is 53.8. The van der Waals surface area contributed by atoms with Crippen molar-refractivity contribution in [1.29, 1.82) is 0 Å². The van der Waals surface area contributed by atoms with Crippen LogP contribution in [-0.2, 0) is 4.79 Å². The third-order valence-electron chi connectivity index (χ3n) is 10.6. The lowest BCUT2D eigenvalue weighted by Crippen LogP contribution is -2.45. The van der Waals surface area contributed by atoms with Crippen molar-refractivity contribution in [3.8, 4) is 0 Å². The summed E-state index contributed by atoms with van der Waals surface area (Å²) >= 11 is 0. The van der Waals surface area contributed by atoms with Crippen molar-refractivity contribution in [2.24, 2.45) is 0 Å². The summed E-state index contributed by atoms with van der Waals surface area (Å²) in [5, 5.41) is 23.0. The van der Waals surface area contributed by atoms with Gasteiger partial charge in [0.25, 0.3) is 0 Å². The van der Waals surface area contributed by atoms with Crippen LogP contribution in [0.1, 0.15) is 232 Å². The normalized spacial score (nSPS) is 13.6. The van der Waals surface area contributed by atoms with E-state index in [-0.39, 0.29) is 12.5 Å². The van der Waals surface area contributed by atoms with E-state index in [1.165, 1.54) is 161 Å². The first-order valence-corrected chi connectivity index (χ1v) is 24.2. The molecule has 0 spiro atoms. The molecule has 4 nitrogen and oxygen atoms in total. The summed E-state index contributed by atoms with van der Waals surface area (Å²) in [7, 11) is 0. The number of aliphatic hydroxyl groups excluding tert-OH is 2. The van der Waals surface area contributed by atoms with Crippen LogP contribution in [-0.4, -0.2) is 34.9 Å². The fourth-order valence-electron chi connectivity index (χ4n) is 6.92. The Bertz CT molecular complexity index is 977. The van der Waals surface area contributed by atoms with Crippen LogP contribution in [0.2, 0.25) is 0 Å². The SMILES string of the molecule is CCCCCCC/C=C\C/C=C\C/C=C\CCCCCCCCCCCCC(=O)NC(CO)C(O)/C=C/CC/C=C/CC/C=C/CCCCCCCCCCC. The van der Waals surface area contributed by atoms with E-state index >= 15 is 0 Å². The standard InChI is InChI=1S/C52H93NO3/c1-3-5-7-9-11-13-15-17-19-21-23-24-25-26-27-28-30-32-34-36-38-40-42-44-46-48-52(56)53-50(49-54)51(55)47-45-43-41-39-37-35-33-31-29-22-20-18-16-14-12-10-8-6-4-2/h15,17,21,23,25-26,29,31,37,39,45,47,50-51,54-55H,3-14,16,18-20,22,24,27-28,30,32-36,38,40-44,46,48-49H2,1-2H3,(H,53,56)/b17-15-,23-21-,26-25-,31-29+,39-37+,47-45+. The number of allylic oxidation sites excluding steroid dienone is 11. The van der Waals surface area contributed by atoms with E-state index in [0.29, 0.717) is 6.42 Å². The molecule has 0 aliphatic rings. The van der Waals surface area contributed by atoms with Crippen molar-refractivity contribution in [3.05, 3.63) is 72.9 Å². The first-order valence-electron chi connectivity index (χ1n) is 24.2. The van der Waals surface area contributed by atoms with Gasteiger partial charge in [-0.2, -0.15) is 0 Å². The maximum atomic E-state index is 12.4. The van der Waals surface area contributed by atoms with E-state index in [1.54, 1.807) is 6.08 Å². The highest BCUT2D eigenvalue weighted by Gasteiger charge is 2.17. The smallest absolute Gasteiger partial charge is 0.220 e. The van der Waals surface area contributed by atoms with Gasteiger partial charge in [-0.05, 0) is 83.5 Å². The minimum absolute atomic E-state index is 0.0838. The zero-order chi connectivity index (χ0) is 40.7. The Labute approximate surface area is 349 Å². The second-order valence-corrected chi connectivity index (χ2v) is 16.2. The second kappa shape index (κ2) is 47.2. The van der Waals surface area contributed by atoms with Crippen molar-refractivity contribution in [2.75, 3.05) is 6.61 Å². The predicted octanol–water partition coefficient (Wildman–Crippen LogP) is 15.5. The van der Waals surface area contributed by atoms with Gasteiger partial charge in [0, 0.05) is 6.42 Å². The molecule has 4 heteroatoms. The number of hydrogen-bond donors (Lipinski definition) is 3. The molecule has 1 amide bonds. The third-order valence-corrected chi connectivity index (χ3v) is 10.6. The van der Waals surface area contributed by atoms with E-state index in [9.17, 15) is 15.0 Å². The number of carbonyl (C=O) groups excluding carboxylic acids is 1. The van der Waals surface area contributed by atoms with Crippen LogP contribution in [0.25, 0.3) is 0 Å². The average molecular weight is 780 g/mol. The predicted molar refractivity (Wildman–Crippen MR) is 248 cm³/mol. The molecule has 0 bridgehead atoms. The van der Waals surface area contributed by atoms with Gasteiger partial charge in [0.2, 0.25) is 5.91 Å². The molecule has 0 fully saturated rings. The van der Waals surface area contributed by atoms with Crippen LogP contribution in [0.4, 0.5) is 0 Å². The first-order chi connectivity index (χ1) is 27.7. The van der Waals surface area contributed by atoms with E-state index in [4.69, 9.17) is 0 Å². The molecule has 0 aliphatic carbocycles. The highest BCUT2D eigenvalue weighted by Crippen LogP contribution is 2.14. The van der Waals surface area contributed by atoms with Gasteiger partial charge >= 0.3 is 0 Å². The molecule has 324 valence electrons. The highest BCUT2D eigenvalue weighted by atomic mass is 16.3. The van der Waals surface area contributed by atoms with E-state index in [2.05, 4.69) is 79.9 Å². The molecule has 3 N–H and O–H groups in total. The van der Waals surface area contributed by atoms with Crippen LogP contribution < -0.4 is 5.32 Å². The van der Waals surface area contributed by atoms with Crippen LogP contribution in [0, 0.1) is 0 Å². The molecule has 2 atom stereocenters. The summed E-state index contributed by atoms with van der Waals surface area (Å²) in [6, 6.07) is -0.651. The lowest BCUT2D eigenvalue weighted by molar-refractivity contribution is -0.123. The zero-order valence-electron chi connectivity index (χ0n) is 37.1. The molecule has 0 radical (unpaired) electrons. The minimum Gasteiger partial charge on any atom is -0.394 e. The van der Waals surface area contributed by atoms with Gasteiger partial charge in [0.15, 0.2) is 0 Å². The van der Waals surface area contributed by atoms with Crippen molar-refractivity contribution in [3.63, 3.8) is 0 Å². The quantitative estimate of drug-likeness (QED) is 0.0426. The van der Waals surface area contributed by atoms with Crippen LogP contribution >= 0.6 is 0 Å². The number of hydrogen-bond acceptors (Lipinski definition) is 3. The second-order valence-electron chi connectivity index (χ2n) is 16.2. The number of rotatable bonds is 43. The fraction of sp³-hybridized carbons (Fsp3) is 0.750. The Hall–Kier alpha value is -2.17. The van der Waals surface area contributed by atoms with Crippen LogP contribution in [0.5, 0.6) is 0 Å². The topological polar surface area (TPSA) is 69.6 Å². The number of amides is 1. The van der Waals surface area contributed by atoms with Gasteiger partial charge in [0.05, 0.1) is 18.8 Å². The summed E-state index contributed by atoms with van der Waals surface area (Å²) in [6.45, 7) is 4.28. The third kappa shape index (κ3) is 43.0. The summed E-state index contributed by atoms with van der Waals surface area (Å²) in [5.74, 6) is -0.0838. The molecule has 0 rings (SSSR count). The summed E-state index contributed by atoms with van der Waals surface area (Å²) < 4.78 is 0. The van der Waals surface area contributed by atoms with Gasteiger partial charge in [-0.3, -0.25) is 4.79 Å². The summed E-state index contributed by atoms with van der Waals surface area (Å²) in [5.41, 5.74) is 0. The molecule has 0 aromatic rings. The Kier molecular flexibility index (Phi) is 45.4. The maximum Gasteiger partial charge on any atom is 0.220 e. The van der Waals surface area contributed by atoms with Gasteiger partial charge in [0.1, 0.15) is 0 Å². The van der Waals surface area contributed by atoms with Crippen LogP contribution in [0.15, 0.2) is 72.9 Å². The maximum absolute atomic E-state index is 12.4. The van der Waals surface area contributed by atoms with Crippen molar-refractivity contribution in [1.82, 2.24) is 5.32 Å². The van der Waals surface area contributed by atoms with E-state index in [0.717, 1.165) is 51.4 Å². The lowest BCUT2D eigenvalue weighted by Gasteiger charge is -2.19. The average Bonchev–Trinajstić information content (AvgIpc) is 3.20. The number of nitrogens with one attached hydrogen (secondary N) is 1. The Morgan fingerprint density at radius 3 is 1.16 bits per heavy atom. The van der Waals surface area contributed by atoms with Gasteiger partial charge in [-0.25, -0.2) is 0 Å². The molecular formula is C52H93NO3. The Balaban J connectivity index is 3.64. The molecule has 0 heterocycles. The zero-order valence-corrected chi connectivity index (χ0v) is 37.1. The molecule has 0 saturated carbocycles. The fourth-order valence-corrected chi connectivity index (χ4v) is 6.92. The van der Waals surface area contributed by atoms with E-state index in [1.807, 2.05) is 6.08 Å². The van der Waals surface area contributed by atoms with Gasteiger partial charge in [-0.1, -0.05) is 215 Å². The van der Waals surface area contributed by atoms with Crippen molar-refractivity contribution < 1.29 is 15.0 Å². The molecule has 56 heavy (non-hydrogen) atoms. The molecule has 0 saturated heterocycles. The molecule has 0 aliphatic heterocycles. The number of unbranched alkanes of at least 4 members (excludes halogenated alkanes) is 26. The molecule has 0 aromatic heterocycles. The van der Waals surface area contributed by atoms with Gasteiger partial charge < -0.3 is 15.5 Å². The molecule has 0 aromatic carbocycles. The van der Waals surface area contributed by atoms with Crippen molar-refractivity contribution in [2.45, 2.75) is 244 Å². The van der Waals surface area contributed by atoms with Gasteiger partial charge in [-0.15, -0.1) is 0 Å². The van der Waals surface area contributed by atoms with Crippen molar-refractivity contribution >= 4 is 5.91 Å². The summed E-state index contributed by atoms with van der Waals surface area (Å²) in [4.78, 5) is 12.4.